The Morgan fingerprint density at radius 3 is 2.71 bits per heavy atom. The molecule has 0 amide bonds. The van der Waals surface area contributed by atoms with Gasteiger partial charge >= 0.3 is 0 Å². The Kier molecular flexibility index (Phi) is 1.86. The van der Waals surface area contributed by atoms with Crippen LogP contribution in [-0.4, -0.2) is 11.2 Å². The minimum absolute atomic E-state index is 0.408. The van der Waals surface area contributed by atoms with Gasteiger partial charge in [0.05, 0.1) is 5.54 Å². The summed E-state index contributed by atoms with van der Waals surface area (Å²) in [6.07, 6.45) is 2.99. The number of carbonyl (C=O) groups excluding carboxylic acids is 1. The molecule has 2 rings (SSSR count). The summed E-state index contributed by atoms with van der Waals surface area (Å²) in [6.45, 7) is 0. The van der Waals surface area contributed by atoms with E-state index < -0.39 is 17.1 Å². The predicted molar refractivity (Wildman–Crippen MR) is 47.1 cm³/mol. The highest BCUT2D eigenvalue weighted by molar-refractivity contribution is 5.43. The summed E-state index contributed by atoms with van der Waals surface area (Å²) in [5.41, 5.74) is 0.118. The summed E-state index contributed by atoms with van der Waals surface area (Å²) in [6, 6.07) is 4.01. The van der Waals surface area contributed by atoms with E-state index in [1.54, 1.807) is 0 Å². The van der Waals surface area contributed by atoms with E-state index >= 15 is 0 Å². The van der Waals surface area contributed by atoms with E-state index in [0.717, 1.165) is 12.8 Å². The van der Waals surface area contributed by atoms with Crippen molar-refractivity contribution in [1.82, 2.24) is 0 Å². The number of aliphatic imine (C=N–C) groups is 1. The summed E-state index contributed by atoms with van der Waals surface area (Å²) in [4.78, 5) is 13.8. The second kappa shape index (κ2) is 2.93. The van der Waals surface area contributed by atoms with Crippen molar-refractivity contribution < 1.29 is 14.3 Å². The van der Waals surface area contributed by atoms with Gasteiger partial charge in [0, 0.05) is 0 Å². The Labute approximate surface area is 79.9 Å². The number of halogens is 1. The van der Waals surface area contributed by atoms with E-state index in [-0.39, 0.29) is 0 Å². The molecule has 4 heteroatoms. The number of hydrogen-bond donors (Lipinski definition) is 1. The van der Waals surface area contributed by atoms with Crippen LogP contribution >= 0.6 is 0 Å². The van der Waals surface area contributed by atoms with Gasteiger partial charge in [-0.05, 0) is 30.5 Å². The fraction of sp³-hybridized carbons (Fsp3) is 0.300. The number of isocyanates is 1. The molecule has 0 aliphatic heterocycles. The number of hydrogen-bond acceptors (Lipinski definition) is 3. The van der Waals surface area contributed by atoms with Gasteiger partial charge in [-0.15, -0.1) is 0 Å². The van der Waals surface area contributed by atoms with Crippen molar-refractivity contribution in [3.8, 4) is 5.75 Å². The van der Waals surface area contributed by atoms with Crippen molar-refractivity contribution in [2.24, 2.45) is 4.99 Å². The predicted octanol–water partition coefficient (Wildman–Crippen LogP) is 1.86. The SMILES string of the molecule is O=C=NC1(c2ccc(F)c(O)c2)CC1. The number of rotatable bonds is 2. The average molecular weight is 193 g/mol. The van der Waals surface area contributed by atoms with Crippen LogP contribution in [0.3, 0.4) is 0 Å². The number of aromatic hydroxyl groups is 1. The molecule has 1 N–H and O–H groups in total. The van der Waals surface area contributed by atoms with Gasteiger partial charge in [-0.25, -0.2) is 9.18 Å². The Balaban J connectivity index is 2.42. The van der Waals surface area contributed by atoms with Gasteiger partial charge < -0.3 is 5.11 Å². The largest absolute Gasteiger partial charge is 0.505 e. The Bertz CT molecular complexity index is 420. The highest BCUT2D eigenvalue weighted by atomic mass is 19.1. The van der Waals surface area contributed by atoms with Gasteiger partial charge in [0.1, 0.15) is 0 Å². The van der Waals surface area contributed by atoms with Crippen LogP contribution in [0.1, 0.15) is 18.4 Å². The lowest BCUT2D eigenvalue weighted by molar-refractivity contribution is 0.430. The van der Waals surface area contributed by atoms with Gasteiger partial charge in [-0.2, -0.15) is 4.99 Å². The van der Waals surface area contributed by atoms with Gasteiger partial charge in [0.2, 0.25) is 6.08 Å². The first kappa shape index (κ1) is 8.91. The Morgan fingerprint density at radius 2 is 2.21 bits per heavy atom. The fourth-order valence-electron chi connectivity index (χ4n) is 1.47. The highest BCUT2D eigenvalue weighted by Crippen LogP contribution is 2.49. The summed E-state index contributed by atoms with van der Waals surface area (Å²) in [5, 5.41) is 9.14. The lowest BCUT2D eigenvalue weighted by Gasteiger charge is -2.08. The third-order valence-corrected chi connectivity index (χ3v) is 2.47. The van der Waals surface area contributed by atoms with Gasteiger partial charge in [0.15, 0.2) is 11.6 Å². The summed E-state index contributed by atoms with van der Waals surface area (Å²) in [7, 11) is 0. The molecule has 1 aliphatic rings. The number of benzene rings is 1. The lowest BCUT2D eigenvalue weighted by Crippen LogP contribution is -2.01. The van der Waals surface area contributed by atoms with Gasteiger partial charge in [0.25, 0.3) is 0 Å². The number of phenolic OH excluding ortho intramolecular Hbond substituents is 1. The fourth-order valence-corrected chi connectivity index (χ4v) is 1.47. The Hall–Kier alpha value is -1.67. The van der Waals surface area contributed by atoms with Crippen LogP contribution in [0.15, 0.2) is 23.2 Å². The molecule has 0 spiro atoms. The van der Waals surface area contributed by atoms with Crippen molar-refractivity contribution in [3.63, 3.8) is 0 Å². The zero-order valence-electron chi connectivity index (χ0n) is 7.33. The smallest absolute Gasteiger partial charge is 0.235 e. The summed E-state index contributed by atoms with van der Waals surface area (Å²) >= 11 is 0. The second-order valence-corrected chi connectivity index (χ2v) is 3.40. The van der Waals surface area contributed by atoms with Crippen LogP contribution in [0.2, 0.25) is 0 Å². The molecule has 0 unspecified atom stereocenters. The lowest BCUT2D eigenvalue weighted by atomic mass is 10.1. The van der Waals surface area contributed by atoms with E-state index in [2.05, 4.69) is 4.99 Å². The molecule has 1 saturated carbocycles. The molecule has 1 aromatic carbocycles. The number of nitrogens with zero attached hydrogens (tertiary/aromatic N) is 1. The molecule has 0 aromatic heterocycles. The van der Waals surface area contributed by atoms with Gasteiger partial charge in [-0.1, -0.05) is 6.07 Å². The monoisotopic (exact) mass is 193 g/mol. The maximum Gasteiger partial charge on any atom is 0.235 e. The molecule has 0 atom stereocenters. The van der Waals surface area contributed by atoms with E-state index in [9.17, 15) is 9.18 Å². The van der Waals surface area contributed by atoms with Crippen LogP contribution in [0, 0.1) is 5.82 Å². The third kappa shape index (κ3) is 1.30. The van der Waals surface area contributed by atoms with Crippen LogP contribution in [0.25, 0.3) is 0 Å². The molecule has 1 aromatic rings. The average Bonchev–Trinajstić information content (AvgIpc) is 2.91. The molecule has 0 bridgehead atoms. The van der Waals surface area contributed by atoms with Crippen molar-refractivity contribution in [1.29, 1.82) is 0 Å². The standard InChI is InChI=1S/C10H8FNO2/c11-8-2-1-7(5-9(8)14)10(3-4-10)12-6-13/h1-2,5,14H,3-4H2. The van der Waals surface area contributed by atoms with Crippen molar-refractivity contribution in [3.05, 3.63) is 29.6 Å². The Morgan fingerprint density at radius 1 is 1.50 bits per heavy atom. The molecular weight excluding hydrogens is 185 g/mol. The van der Waals surface area contributed by atoms with Crippen LogP contribution in [-0.2, 0) is 10.3 Å². The first-order chi connectivity index (χ1) is 6.68. The molecular formula is C10H8FNO2. The second-order valence-electron chi connectivity index (χ2n) is 3.40. The van der Waals surface area contributed by atoms with Crippen LogP contribution in [0.5, 0.6) is 5.75 Å². The summed E-state index contributed by atoms with van der Waals surface area (Å²) in [5.74, 6) is -1.07. The third-order valence-electron chi connectivity index (χ3n) is 2.47. The van der Waals surface area contributed by atoms with E-state index in [1.807, 2.05) is 0 Å². The molecule has 1 fully saturated rings. The zero-order valence-corrected chi connectivity index (χ0v) is 7.33. The molecule has 14 heavy (non-hydrogen) atoms. The maximum atomic E-state index is 12.7. The van der Waals surface area contributed by atoms with E-state index in [1.165, 1.54) is 24.3 Å². The highest BCUT2D eigenvalue weighted by Gasteiger charge is 2.45. The molecule has 0 heterocycles. The quantitative estimate of drug-likeness (QED) is 0.575. The molecule has 0 saturated heterocycles. The first-order valence-electron chi connectivity index (χ1n) is 4.26. The molecule has 3 nitrogen and oxygen atoms in total. The zero-order chi connectivity index (χ0) is 10.2. The van der Waals surface area contributed by atoms with E-state index in [0.29, 0.717) is 5.56 Å². The van der Waals surface area contributed by atoms with Crippen LogP contribution < -0.4 is 0 Å². The minimum Gasteiger partial charge on any atom is -0.505 e. The molecule has 1 aliphatic carbocycles. The normalized spacial score (nSPS) is 17.2. The topological polar surface area (TPSA) is 49.7 Å². The summed E-state index contributed by atoms with van der Waals surface area (Å²) < 4.78 is 12.7. The molecule has 0 radical (unpaired) electrons. The van der Waals surface area contributed by atoms with Crippen molar-refractivity contribution in [2.45, 2.75) is 18.4 Å². The number of phenols is 1. The van der Waals surface area contributed by atoms with Gasteiger partial charge in [-0.3, -0.25) is 0 Å². The van der Waals surface area contributed by atoms with Crippen molar-refractivity contribution >= 4 is 6.08 Å². The minimum atomic E-state index is -0.667. The van der Waals surface area contributed by atoms with Crippen molar-refractivity contribution in [2.75, 3.05) is 0 Å². The maximum absolute atomic E-state index is 12.7. The van der Waals surface area contributed by atoms with E-state index in [4.69, 9.17) is 5.11 Å². The van der Waals surface area contributed by atoms with Crippen LogP contribution in [0.4, 0.5) is 4.39 Å². The molecule has 72 valence electrons. The first-order valence-corrected chi connectivity index (χ1v) is 4.26.